The second kappa shape index (κ2) is 8.28. The number of nitro benzene ring substituents is 1. The Balaban J connectivity index is 1.96. The molecule has 0 radical (unpaired) electrons. The molecule has 1 amide bonds. The molecule has 0 bridgehead atoms. The number of hydrogen-bond acceptors (Lipinski definition) is 4. The van der Waals surface area contributed by atoms with Gasteiger partial charge in [0.1, 0.15) is 5.02 Å². The van der Waals surface area contributed by atoms with Gasteiger partial charge in [0, 0.05) is 24.7 Å². The highest BCUT2D eigenvalue weighted by Crippen LogP contribution is 2.36. The average molecular weight is 428 g/mol. The highest BCUT2D eigenvalue weighted by atomic mass is 35.5. The summed E-state index contributed by atoms with van der Waals surface area (Å²) < 4.78 is 39.5. The summed E-state index contributed by atoms with van der Waals surface area (Å²) in [5.41, 5.74) is -0.947. The average Bonchev–Trinajstić information content (AvgIpc) is 2.68. The number of piperidine rings is 1. The summed E-state index contributed by atoms with van der Waals surface area (Å²) in [5.74, 6) is -0.762. The largest absolute Gasteiger partial charge is 0.416 e. The molecule has 0 atom stereocenters. The van der Waals surface area contributed by atoms with E-state index < -0.39 is 28.3 Å². The smallest absolute Gasteiger partial charge is 0.370 e. The van der Waals surface area contributed by atoms with Crippen LogP contribution in [0.1, 0.15) is 35.2 Å². The highest BCUT2D eigenvalue weighted by Gasteiger charge is 2.32. The fourth-order valence-electron chi connectivity index (χ4n) is 3.21. The van der Waals surface area contributed by atoms with Gasteiger partial charge in [0.2, 0.25) is 0 Å². The Morgan fingerprint density at radius 3 is 2.41 bits per heavy atom. The van der Waals surface area contributed by atoms with Crippen LogP contribution in [0.2, 0.25) is 5.02 Å². The molecule has 0 spiro atoms. The van der Waals surface area contributed by atoms with Gasteiger partial charge in [-0.2, -0.15) is 13.2 Å². The van der Waals surface area contributed by atoms with E-state index in [0.29, 0.717) is 18.8 Å². The number of halogens is 4. The zero-order valence-electron chi connectivity index (χ0n) is 15.1. The summed E-state index contributed by atoms with van der Waals surface area (Å²) in [4.78, 5) is 24.8. The molecule has 1 fully saturated rings. The van der Waals surface area contributed by atoms with Crippen LogP contribution in [-0.4, -0.2) is 23.9 Å². The van der Waals surface area contributed by atoms with E-state index >= 15 is 0 Å². The third-order valence-corrected chi connectivity index (χ3v) is 4.99. The van der Waals surface area contributed by atoms with Crippen molar-refractivity contribution in [1.82, 2.24) is 0 Å². The van der Waals surface area contributed by atoms with Crippen molar-refractivity contribution in [3.05, 3.63) is 62.7 Å². The fraction of sp³-hybridized carbons (Fsp3) is 0.316. The summed E-state index contributed by atoms with van der Waals surface area (Å²) in [6.07, 6.45) is -1.73. The normalized spacial score (nSPS) is 14.6. The van der Waals surface area contributed by atoms with Crippen LogP contribution >= 0.6 is 11.6 Å². The van der Waals surface area contributed by atoms with Crippen molar-refractivity contribution in [3.8, 4) is 0 Å². The molecule has 1 heterocycles. The van der Waals surface area contributed by atoms with Crippen molar-refractivity contribution in [3.63, 3.8) is 0 Å². The van der Waals surface area contributed by atoms with E-state index in [2.05, 4.69) is 5.32 Å². The van der Waals surface area contributed by atoms with Gasteiger partial charge in [0.05, 0.1) is 21.9 Å². The Kier molecular flexibility index (Phi) is 5.97. The molecular weight excluding hydrogens is 411 g/mol. The molecule has 1 saturated heterocycles. The van der Waals surface area contributed by atoms with Gasteiger partial charge in [-0.3, -0.25) is 14.9 Å². The first kappa shape index (κ1) is 20.9. The van der Waals surface area contributed by atoms with Crippen molar-refractivity contribution in [2.45, 2.75) is 25.4 Å². The molecular formula is C19H17ClF3N3O3. The van der Waals surface area contributed by atoms with Gasteiger partial charge in [-0.25, -0.2) is 0 Å². The van der Waals surface area contributed by atoms with Gasteiger partial charge in [-0.1, -0.05) is 11.6 Å². The molecule has 6 nitrogen and oxygen atoms in total. The zero-order chi connectivity index (χ0) is 21.2. The SMILES string of the molecule is O=C(Nc1cc(C(F)(F)F)ccc1N1CCCCC1)c1ccc(Cl)c([N+](=O)[O-])c1. The fourth-order valence-corrected chi connectivity index (χ4v) is 3.40. The van der Waals surface area contributed by atoms with Crippen LogP contribution in [0.25, 0.3) is 0 Å². The van der Waals surface area contributed by atoms with Crippen LogP contribution in [0.5, 0.6) is 0 Å². The standard InChI is InChI=1S/C19H17ClF3N3O3/c20-14-6-4-12(10-17(14)26(28)29)18(27)24-15-11-13(19(21,22)23)5-7-16(15)25-8-2-1-3-9-25/h4-7,10-11H,1-3,8-9H2,(H,24,27). The Hall–Kier alpha value is -2.81. The maximum Gasteiger partial charge on any atom is 0.416 e. The molecule has 154 valence electrons. The van der Waals surface area contributed by atoms with Crippen molar-refractivity contribution in [2.75, 3.05) is 23.3 Å². The molecule has 1 aliphatic heterocycles. The van der Waals surface area contributed by atoms with E-state index in [-0.39, 0.29) is 16.3 Å². The summed E-state index contributed by atoms with van der Waals surface area (Å²) >= 11 is 5.75. The first-order valence-electron chi connectivity index (χ1n) is 8.88. The molecule has 2 aromatic rings. The third-order valence-electron chi connectivity index (χ3n) is 4.67. The zero-order valence-corrected chi connectivity index (χ0v) is 15.9. The van der Waals surface area contributed by atoms with Crippen LogP contribution in [0.15, 0.2) is 36.4 Å². The molecule has 0 unspecified atom stereocenters. The van der Waals surface area contributed by atoms with Gasteiger partial charge in [-0.05, 0) is 49.6 Å². The summed E-state index contributed by atoms with van der Waals surface area (Å²) in [6.45, 7) is 1.33. The molecule has 2 aromatic carbocycles. The number of nitrogens with zero attached hydrogens (tertiary/aromatic N) is 2. The number of nitrogens with one attached hydrogen (secondary N) is 1. The molecule has 0 saturated carbocycles. The number of nitro groups is 1. The summed E-state index contributed by atoms with van der Waals surface area (Å²) in [6, 6.07) is 6.67. The van der Waals surface area contributed by atoms with E-state index in [1.54, 1.807) is 0 Å². The first-order chi connectivity index (χ1) is 13.7. The van der Waals surface area contributed by atoms with E-state index in [1.807, 2.05) is 4.90 Å². The Morgan fingerprint density at radius 1 is 1.10 bits per heavy atom. The van der Waals surface area contributed by atoms with Crippen LogP contribution in [0.3, 0.4) is 0 Å². The Morgan fingerprint density at radius 2 is 1.79 bits per heavy atom. The number of carbonyl (C=O) groups excluding carboxylic acids is 1. The molecule has 3 rings (SSSR count). The molecule has 1 N–H and O–H groups in total. The van der Waals surface area contributed by atoms with Crippen molar-refractivity contribution in [2.24, 2.45) is 0 Å². The van der Waals surface area contributed by atoms with E-state index in [1.165, 1.54) is 18.2 Å². The van der Waals surface area contributed by atoms with E-state index in [4.69, 9.17) is 11.6 Å². The number of alkyl halides is 3. The van der Waals surface area contributed by atoms with Crippen molar-refractivity contribution >= 4 is 34.6 Å². The monoisotopic (exact) mass is 427 g/mol. The predicted octanol–water partition coefficient (Wildman–Crippen LogP) is 5.51. The quantitative estimate of drug-likeness (QED) is 0.515. The molecule has 29 heavy (non-hydrogen) atoms. The van der Waals surface area contributed by atoms with E-state index in [9.17, 15) is 28.1 Å². The maximum atomic E-state index is 13.2. The molecule has 0 aliphatic carbocycles. The lowest BCUT2D eigenvalue weighted by Gasteiger charge is -2.31. The van der Waals surface area contributed by atoms with Crippen LogP contribution in [0, 0.1) is 10.1 Å². The summed E-state index contributed by atoms with van der Waals surface area (Å²) in [5, 5.41) is 13.4. The Labute approximate surface area is 169 Å². The molecule has 1 aliphatic rings. The summed E-state index contributed by atoms with van der Waals surface area (Å²) in [7, 11) is 0. The van der Waals surface area contributed by atoms with Crippen molar-refractivity contribution < 1.29 is 22.9 Å². The lowest BCUT2D eigenvalue weighted by atomic mass is 10.1. The van der Waals surface area contributed by atoms with E-state index in [0.717, 1.165) is 37.5 Å². The number of benzene rings is 2. The lowest BCUT2D eigenvalue weighted by Crippen LogP contribution is -2.30. The molecule has 0 aromatic heterocycles. The minimum absolute atomic E-state index is 0.00401. The number of anilines is 2. The number of rotatable bonds is 4. The van der Waals surface area contributed by atoms with Crippen molar-refractivity contribution in [1.29, 1.82) is 0 Å². The van der Waals surface area contributed by atoms with Gasteiger partial charge in [0.15, 0.2) is 0 Å². The maximum absolute atomic E-state index is 13.2. The lowest BCUT2D eigenvalue weighted by molar-refractivity contribution is -0.384. The molecule has 10 heteroatoms. The number of hydrogen-bond donors (Lipinski definition) is 1. The Bertz CT molecular complexity index is 944. The predicted molar refractivity (Wildman–Crippen MR) is 104 cm³/mol. The second-order valence-electron chi connectivity index (χ2n) is 6.65. The minimum atomic E-state index is -4.57. The third kappa shape index (κ3) is 4.79. The van der Waals surface area contributed by atoms with Gasteiger partial charge in [-0.15, -0.1) is 0 Å². The van der Waals surface area contributed by atoms with Gasteiger partial charge in [0.25, 0.3) is 11.6 Å². The van der Waals surface area contributed by atoms with Crippen LogP contribution < -0.4 is 10.2 Å². The highest BCUT2D eigenvalue weighted by molar-refractivity contribution is 6.32. The van der Waals surface area contributed by atoms with Gasteiger partial charge < -0.3 is 10.2 Å². The van der Waals surface area contributed by atoms with Crippen LogP contribution in [-0.2, 0) is 6.18 Å². The van der Waals surface area contributed by atoms with Crippen LogP contribution in [0.4, 0.5) is 30.2 Å². The second-order valence-corrected chi connectivity index (χ2v) is 7.06. The minimum Gasteiger partial charge on any atom is -0.370 e. The van der Waals surface area contributed by atoms with Gasteiger partial charge >= 0.3 is 6.18 Å². The first-order valence-corrected chi connectivity index (χ1v) is 9.26. The number of carbonyl (C=O) groups is 1. The topological polar surface area (TPSA) is 75.5 Å². The number of amides is 1.